The zero-order valence-electron chi connectivity index (χ0n) is 16.4. The lowest BCUT2D eigenvalue weighted by Gasteiger charge is -2.27. The maximum Gasteiger partial charge on any atom is 0.0568 e. The number of rotatable bonds is 4. The van der Waals surface area contributed by atoms with Crippen LogP contribution in [0.4, 0.5) is 0 Å². The Kier molecular flexibility index (Phi) is 4.29. The number of aromatic nitrogens is 3. The second-order valence-corrected chi connectivity index (χ2v) is 7.92. The van der Waals surface area contributed by atoms with Crippen molar-refractivity contribution in [1.29, 1.82) is 0 Å². The Labute approximate surface area is 165 Å². The fourth-order valence-electron chi connectivity index (χ4n) is 4.52. The monoisotopic (exact) mass is 370 g/mol. The van der Waals surface area contributed by atoms with Crippen molar-refractivity contribution in [2.75, 3.05) is 0 Å². The predicted octanol–water partition coefficient (Wildman–Crippen LogP) is 5.30. The molecule has 28 heavy (non-hydrogen) atoms. The smallest absolute Gasteiger partial charge is 0.0568 e. The fourth-order valence-corrected chi connectivity index (χ4v) is 4.52. The van der Waals surface area contributed by atoms with Crippen molar-refractivity contribution in [2.45, 2.75) is 38.3 Å². The molecule has 142 valence electrons. The maximum absolute atomic E-state index is 4.32. The van der Waals surface area contributed by atoms with Gasteiger partial charge in [-0.3, -0.25) is 4.68 Å². The fraction of sp³-hybridized carbons (Fsp3) is 0.292. The summed E-state index contributed by atoms with van der Waals surface area (Å²) in [6, 6.07) is 18.1. The highest BCUT2D eigenvalue weighted by Gasteiger charge is 2.25. The van der Waals surface area contributed by atoms with E-state index in [1.165, 1.54) is 51.7 Å². The van der Waals surface area contributed by atoms with Gasteiger partial charge in [0.15, 0.2) is 0 Å². The molecule has 0 bridgehead atoms. The Morgan fingerprint density at radius 1 is 1.14 bits per heavy atom. The zero-order valence-corrected chi connectivity index (χ0v) is 16.4. The maximum atomic E-state index is 4.32. The van der Waals surface area contributed by atoms with Crippen LogP contribution in [-0.4, -0.2) is 14.8 Å². The largest absolute Gasteiger partial charge is 0.357 e. The summed E-state index contributed by atoms with van der Waals surface area (Å²) in [5, 5.41) is 9.53. The molecule has 1 aliphatic rings. The van der Waals surface area contributed by atoms with Crippen molar-refractivity contribution < 1.29 is 0 Å². The highest BCUT2D eigenvalue weighted by molar-refractivity contribution is 5.89. The van der Waals surface area contributed by atoms with E-state index in [2.05, 4.69) is 77.1 Å². The number of hydrogen-bond donors (Lipinski definition) is 2. The van der Waals surface area contributed by atoms with Gasteiger partial charge < -0.3 is 10.3 Å². The van der Waals surface area contributed by atoms with Crippen LogP contribution < -0.4 is 5.32 Å². The van der Waals surface area contributed by atoms with E-state index in [9.17, 15) is 0 Å². The SMILES string of the molecule is C[C@@H](N[C@@H]1CCCc2c1[nH]c1ccc(-c3cnn(C)c3)cc21)c1ccccc1. The van der Waals surface area contributed by atoms with Gasteiger partial charge in [0, 0.05) is 47.5 Å². The van der Waals surface area contributed by atoms with E-state index >= 15 is 0 Å². The number of aryl methyl sites for hydroxylation is 2. The van der Waals surface area contributed by atoms with E-state index in [4.69, 9.17) is 0 Å². The first kappa shape index (κ1) is 17.3. The van der Waals surface area contributed by atoms with Gasteiger partial charge in [-0.15, -0.1) is 0 Å². The molecule has 0 radical (unpaired) electrons. The molecule has 2 N–H and O–H groups in total. The lowest BCUT2D eigenvalue weighted by Crippen LogP contribution is -2.27. The molecular formula is C24H26N4. The van der Waals surface area contributed by atoms with Gasteiger partial charge in [-0.25, -0.2) is 0 Å². The Balaban J connectivity index is 1.49. The molecule has 0 fully saturated rings. The molecule has 4 aromatic rings. The summed E-state index contributed by atoms with van der Waals surface area (Å²) in [5.74, 6) is 0. The minimum absolute atomic E-state index is 0.328. The topological polar surface area (TPSA) is 45.6 Å². The number of H-pyrrole nitrogens is 1. The Bertz CT molecular complexity index is 1110. The van der Waals surface area contributed by atoms with Crippen LogP contribution in [0.5, 0.6) is 0 Å². The number of hydrogen-bond acceptors (Lipinski definition) is 2. The number of nitrogens with one attached hydrogen (secondary N) is 2. The van der Waals surface area contributed by atoms with Gasteiger partial charge >= 0.3 is 0 Å². The number of benzene rings is 2. The second kappa shape index (κ2) is 6.95. The Morgan fingerprint density at radius 2 is 2.00 bits per heavy atom. The molecule has 0 amide bonds. The third-order valence-electron chi connectivity index (χ3n) is 6.00. The van der Waals surface area contributed by atoms with Gasteiger partial charge in [0.2, 0.25) is 0 Å². The average Bonchev–Trinajstić information content (AvgIpc) is 3.32. The molecular weight excluding hydrogens is 344 g/mol. The summed E-state index contributed by atoms with van der Waals surface area (Å²) in [6.07, 6.45) is 7.55. The minimum Gasteiger partial charge on any atom is -0.357 e. The first-order chi connectivity index (χ1) is 13.7. The van der Waals surface area contributed by atoms with Crippen molar-refractivity contribution >= 4 is 10.9 Å². The molecule has 0 saturated carbocycles. The lowest BCUT2D eigenvalue weighted by molar-refractivity contribution is 0.410. The molecule has 0 spiro atoms. The van der Waals surface area contributed by atoms with E-state index in [0.29, 0.717) is 12.1 Å². The molecule has 1 aliphatic carbocycles. The summed E-state index contributed by atoms with van der Waals surface area (Å²) in [4.78, 5) is 3.72. The van der Waals surface area contributed by atoms with E-state index < -0.39 is 0 Å². The molecule has 2 heterocycles. The van der Waals surface area contributed by atoms with Crippen molar-refractivity contribution in [3.8, 4) is 11.1 Å². The van der Waals surface area contributed by atoms with Crippen molar-refractivity contribution in [2.24, 2.45) is 7.05 Å². The van der Waals surface area contributed by atoms with Crippen LogP contribution in [0.3, 0.4) is 0 Å². The highest BCUT2D eigenvalue weighted by atomic mass is 15.2. The molecule has 0 aliphatic heterocycles. The van der Waals surface area contributed by atoms with E-state index in [1.54, 1.807) is 0 Å². The highest BCUT2D eigenvalue weighted by Crippen LogP contribution is 2.37. The molecule has 2 aromatic heterocycles. The molecule has 0 saturated heterocycles. The van der Waals surface area contributed by atoms with Gasteiger partial charge in [-0.05, 0) is 55.0 Å². The Hall–Kier alpha value is -2.85. The Morgan fingerprint density at radius 3 is 2.79 bits per heavy atom. The van der Waals surface area contributed by atoms with Crippen LogP contribution in [0.2, 0.25) is 0 Å². The van der Waals surface area contributed by atoms with Crippen molar-refractivity contribution in [3.63, 3.8) is 0 Å². The number of fused-ring (bicyclic) bond motifs is 3. The second-order valence-electron chi connectivity index (χ2n) is 7.92. The van der Waals surface area contributed by atoms with Gasteiger partial charge in [0.25, 0.3) is 0 Å². The summed E-state index contributed by atoms with van der Waals surface area (Å²) >= 11 is 0. The van der Waals surface area contributed by atoms with Gasteiger partial charge in [-0.2, -0.15) is 5.10 Å². The molecule has 4 nitrogen and oxygen atoms in total. The molecule has 4 heteroatoms. The standard InChI is InChI=1S/C24H26N4/c1-16(17-7-4-3-5-8-17)26-23-10-6-9-20-21-13-18(19-14-25-28(2)15-19)11-12-22(21)27-24(20)23/h3-5,7-8,11-16,23,26-27H,6,9-10H2,1-2H3/t16-,23-/m1/s1. The van der Waals surface area contributed by atoms with Crippen LogP contribution in [0.25, 0.3) is 22.0 Å². The van der Waals surface area contributed by atoms with Gasteiger partial charge in [0.1, 0.15) is 0 Å². The van der Waals surface area contributed by atoms with Crippen molar-refractivity contribution in [1.82, 2.24) is 20.1 Å². The molecule has 5 rings (SSSR count). The van der Waals surface area contributed by atoms with E-state index in [-0.39, 0.29) is 0 Å². The number of aromatic amines is 1. The van der Waals surface area contributed by atoms with Crippen LogP contribution in [-0.2, 0) is 13.5 Å². The summed E-state index contributed by atoms with van der Waals surface area (Å²) in [7, 11) is 1.96. The lowest BCUT2D eigenvalue weighted by atomic mass is 9.90. The summed E-state index contributed by atoms with van der Waals surface area (Å²) < 4.78 is 1.86. The third kappa shape index (κ3) is 3.04. The van der Waals surface area contributed by atoms with Crippen LogP contribution in [0.15, 0.2) is 60.9 Å². The van der Waals surface area contributed by atoms with Gasteiger partial charge in [-0.1, -0.05) is 36.4 Å². The molecule has 0 unspecified atom stereocenters. The number of nitrogens with zero attached hydrogens (tertiary/aromatic N) is 2. The zero-order chi connectivity index (χ0) is 19.1. The van der Waals surface area contributed by atoms with Gasteiger partial charge in [0.05, 0.1) is 6.20 Å². The summed E-state index contributed by atoms with van der Waals surface area (Å²) in [5.41, 5.74) is 7.82. The molecule has 2 aromatic carbocycles. The van der Waals surface area contributed by atoms with Crippen LogP contribution in [0, 0.1) is 0 Å². The molecule has 2 atom stereocenters. The van der Waals surface area contributed by atoms with E-state index in [0.717, 1.165) is 6.42 Å². The average molecular weight is 371 g/mol. The normalized spacial score (nSPS) is 17.6. The quantitative estimate of drug-likeness (QED) is 0.512. The van der Waals surface area contributed by atoms with Crippen LogP contribution in [0.1, 0.15) is 48.7 Å². The van der Waals surface area contributed by atoms with Crippen molar-refractivity contribution in [3.05, 3.63) is 77.7 Å². The first-order valence-corrected chi connectivity index (χ1v) is 10.1. The van der Waals surface area contributed by atoms with E-state index in [1.807, 2.05) is 17.9 Å². The first-order valence-electron chi connectivity index (χ1n) is 10.1. The predicted molar refractivity (Wildman–Crippen MR) is 114 cm³/mol. The van der Waals surface area contributed by atoms with Crippen LogP contribution >= 0.6 is 0 Å². The third-order valence-corrected chi connectivity index (χ3v) is 6.00. The minimum atomic E-state index is 0.328. The summed E-state index contributed by atoms with van der Waals surface area (Å²) in [6.45, 7) is 2.26.